The molecule has 25 heavy (non-hydrogen) atoms. The highest BCUT2D eigenvalue weighted by molar-refractivity contribution is 6.39. The summed E-state index contributed by atoms with van der Waals surface area (Å²) in [4.78, 5) is 0. The first kappa shape index (κ1) is 16.8. The summed E-state index contributed by atoms with van der Waals surface area (Å²) in [5, 5.41) is 27.6. The molecule has 0 atom stereocenters. The van der Waals surface area contributed by atoms with E-state index in [0.29, 0.717) is 11.3 Å². The first-order valence-corrected chi connectivity index (χ1v) is 7.74. The molecule has 0 aliphatic carbocycles. The number of nitrogen functional groups attached to an aromatic ring is 1. The van der Waals surface area contributed by atoms with Crippen LogP contribution in [0.25, 0.3) is 11.1 Å². The third-order valence-electron chi connectivity index (χ3n) is 3.36. The van der Waals surface area contributed by atoms with Crippen molar-refractivity contribution in [1.29, 1.82) is 5.26 Å². The summed E-state index contributed by atoms with van der Waals surface area (Å²) in [6, 6.07) is 13.8. The number of anilines is 1. The van der Waals surface area contributed by atoms with E-state index in [4.69, 9.17) is 33.4 Å². The van der Waals surface area contributed by atoms with E-state index in [9.17, 15) is 10.4 Å². The van der Waals surface area contributed by atoms with Crippen molar-refractivity contribution in [2.45, 2.75) is 0 Å². The molecule has 0 fully saturated rings. The zero-order chi connectivity index (χ0) is 18.0. The van der Waals surface area contributed by atoms with Crippen molar-refractivity contribution in [3.05, 3.63) is 58.1 Å². The highest BCUT2D eigenvalue weighted by atomic mass is 35.5. The third-order valence-corrected chi connectivity index (χ3v) is 3.99. The summed E-state index contributed by atoms with van der Waals surface area (Å²) in [7, 11) is 0. The van der Waals surface area contributed by atoms with Crippen LogP contribution in [0.2, 0.25) is 10.0 Å². The first-order chi connectivity index (χ1) is 12.0. The van der Waals surface area contributed by atoms with Crippen LogP contribution >= 0.6 is 23.2 Å². The Kier molecular flexibility index (Phi) is 4.61. The smallest absolute Gasteiger partial charge is 0.303 e. The molecule has 6 nitrogen and oxygen atoms in total. The van der Waals surface area contributed by atoms with Gasteiger partial charge in [0.2, 0.25) is 0 Å². The van der Waals surface area contributed by atoms with E-state index in [1.807, 2.05) is 12.1 Å². The summed E-state index contributed by atoms with van der Waals surface area (Å²) >= 11 is 12.1. The lowest BCUT2D eigenvalue weighted by atomic mass is 10.0. The van der Waals surface area contributed by atoms with Gasteiger partial charge in [0, 0.05) is 0 Å². The minimum absolute atomic E-state index is 0.0465. The number of azo groups is 1. The fraction of sp³-hybridized carbons (Fsp3) is 0. The van der Waals surface area contributed by atoms with Crippen molar-refractivity contribution in [2.75, 3.05) is 5.73 Å². The number of nitrogens with two attached hydrogens (primary N) is 1. The molecule has 2 aromatic carbocycles. The van der Waals surface area contributed by atoms with E-state index in [-0.39, 0.29) is 32.7 Å². The summed E-state index contributed by atoms with van der Waals surface area (Å²) in [6.45, 7) is 0. The highest BCUT2D eigenvalue weighted by Gasteiger charge is 2.23. The average Bonchev–Trinajstić information content (AvgIpc) is 2.93. The number of nitrogens with zero attached hydrogens (tertiary/aromatic N) is 3. The SMILES string of the molecule is N#Cc1c(O)oc(N=Nc2ccccc2)c1-c1cc(Cl)c(N)c(Cl)c1. The van der Waals surface area contributed by atoms with Gasteiger partial charge in [-0.3, -0.25) is 0 Å². The Morgan fingerprint density at radius 3 is 2.32 bits per heavy atom. The molecule has 0 saturated carbocycles. The zero-order valence-electron chi connectivity index (χ0n) is 12.6. The molecule has 3 N–H and O–H groups in total. The second kappa shape index (κ2) is 6.85. The molecular formula is C17H10Cl2N4O2. The lowest BCUT2D eigenvalue weighted by Gasteiger charge is -2.05. The number of aromatic hydroxyl groups is 1. The molecule has 0 aliphatic heterocycles. The minimum Gasteiger partial charge on any atom is -0.480 e. The predicted molar refractivity (Wildman–Crippen MR) is 95.6 cm³/mol. The molecule has 1 heterocycles. The summed E-state index contributed by atoms with van der Waals surface area (Å²) in [5.41, 5.74) is 7.08. The minimum atomic E-state index is -0.566. The predicted octanol–water partition coefficient (Wildman–Crippen LogP) is 5.83. The van der Waals surface area contributed by atoms with Crippen LogP contribution in [-0.2, 0) is 0 Å². The van der Waals surface area contributed by atoms with Crippen LogP contribution < -0.4 is 5.73 Å². The number of rotatable bonds is 3. The molecular weight excluding hydrogens is 363 g/mol. The molecule has 3 aromatic rings. The monoisotopic (exact) mass is 372 g/mol. The summed E-state index contributed by atoms with van der Waals surface area (Å²) in [5.74, 6) is -0.613. The number of hydrogen-bond acceptors (Lipinski definition) is 6. The zero-order valence-corrected chi connectivity index (χ0v) is 14.1. The molecule has 0 spiro atoms. The number of furan rings is 1. The van der Waals surface area contributed by atoms with Crippen molar-refractivity contribution in [3.8, 4) is 23.1 Å². The van der Waals surface area contributed by atoms with Gasteiger partial charge in [-0.15, -0.1) is 10.2 Å². The van der Waals surface area contributed by atoms with Crippen LogP contribution in [0.4, 0.5) is 17.3 Å². The van der Waals surface area contributed by atoms with Crippen LogP contribution in [0.5, 0.6) is 5.95 Å². The Hall–Kier alpha value is -3.01. The maximum absolute atomic E-state index is 9.88. The van der Waals surface area contributed by atoms with E-state index in [1.165, 1.54) is 12.1 Å². The number of halogens is 2. The van der Waals surface area contributed by atoms with Gasteiger partial charge >= 0.3 is 5.95 Å². The van der Waals surface area contributed by atoms with Crippen LogP contribution in [0.15, 0.2) is 57.1 Å². The van der Waals surface area contributed by atoms with Gasteiger partial charge in [-0.1, -0.05) is 41.4 Å². The van der Waals surface area contributed by atoms with Crippen molar-refractivity contribution in [1.82, 2.24) is 0 Å². The Morgan fingerprint density at radius 2 is 1.72 bits per heavy atom. The van der Waals surface area contributed by atoms with Gasteiger partial charge in [0.15, 0.2) is 0 Å². The largest absolute Gasteiger partial charge is 0.480 e. The van der Waals surface area contributed by atoms with E-state index in [0.717, 1.165) is 0 Å². The highest BCUT2D eigenvalue weighted by Crippen LogP contribution is 2.44. The Morgan fingerprint density at radius 1 is 1.08 bits per heavy atom. The van der Waals surface area contributed by atoms with Gasteiger partial charge in [-0.25, -0.2) is 0 Å². The van der Waals surface area contributed by atoms with Gasteiger partial charge in [-0.2, -0.15) is 5.26 Å². The van der Waals surface area contributed by atoms with E-state index in [2.05, 4.69) is 10.2 Å². The quantitative estimate of drug-likeness (QED) is 0.445. The normalized spacial score (nSPS) is 10.9. The van der Waals surface area contributed by atoms with Gasteiger partial charge < -0.3 is 15.3 Å². The average molecular weight is 373 g/mol. The molecule has 0 amide bonds. The summed E-state index contributed by atoms with van der Waals surface area (Å²) in [6.07, 6.45) is 0. The maximum atomic E-state index is 9.88. The Labute approximate surface area is 152 Å². The molecule has 8 heteroatoms. The van der Waals surface area contributed by atoms with Crippen LogP contribution in [-0.4, -0.2) is 5.11 Å². The van der Waals surface area contributed by atoms with Gasteiger partial charge in [0.1, 0.15) is 11.6 Å². The van der Waals surface area contributed by atoms with Gasteiger partial charge in [-0.05, 0) is 29.8 Å². The van der Waals surface area contributed by atoms with Crippen molar-refractivity contribution in [3.63, 3.8) is 0 Å². The lowest BCUT2D eigenvalue weighted by molar-refractivity contribution is 0.335. The summed E-state index contributed by atoms with van der Waals surface area (Å²) < 4.78 is 5.18. The van der Waals surface area contributed by atoms with Crippen molar-refractivity contribution in [2.24, 2.45) is 10.2 Å². The van der Waals surface area contributed by atoms with Gasteiger partial charge in [0.25, 0.3) is 5.88 Å². The molecule has 0 bridgehead atoms. The number of hydrogen-bond donors (Lipinski definition) is 2. The standard InChI is InChI=1S/C17H10Cl2N4O2/c18-12-6-9(7-13(19)15(12)21)14-11(8-20)17(24)25-16(14)23-22-10-4-2-1-3-5-10/h1-7,24H,21H2. The molecule has 0 aliphatic rings. The lowest BCUT2D eigenvalue weighted by Crippen LogP contribution is -1.89. The van der Waals surface area contributed by atoms with E-state index >= 15 is 0 Å². The first-order valence-electron chi connectivity index (χ1n) is 6.98. The molecule has 3 rings (SSSR count). The van der Waals surface area contributed by atoms with E-state index in [1.54, 1.807) is 24.3 Å². The second-order valence-electron chi connectivity index (χ2n) is 4.96. The molecule has 0 saturated heterocycles. The number of nitriles is 1. The molecule has 0 unspecified atom stereocenters. The van der Waals surface area contributed by atoms with Crippen LogP contribution in [0.1, 0.15) is 5.56 Å². The Bertz CT molecular complexity index is 984. The molecule has 124 valence electrons. The van der Waals surface area contributed by atoms with Crippen LogP contribution in [0.3, 0.4) is 0 Å². The molecule has 1 aromatic heterocycles. The fourth-order valence-corrected chi connectivity index (χ4v) is 2.66. The third kappa shape index (κ3) is 3.29. The molecule has 0 radical (unpaired) electrons. The van der Waals surface area contributed by atoms with E-state index < -0.39 is 5.95 Å². The fourth-order valence-electron chi connectivity index (χ4n) is 2.18. The topological polar surface area (TPSA) is 108 Å². The van der Waals surface area contributed by atoms with Crippen LogP contribution in [0, 0.1) is 11.3 Å². The van der Waals surface area contributed by atoms with Gasteiger partial charge in [0.05, 0.1) is 27.0 Å². The second-order valence-corrected chi connectivity index (χ2v) is 5.78. The van der Waals surface area contributed by atoms with Crippen molar-refractivity contribution < 1.29 is 9.52 Å². The van der Waals surface area contributed by atoms with Crippen molar-refractivity contribution >= 4 is 40.5 Å². The Balaban J connectivity index is 2.16. The maximum Gasteiger partial charge on any atom is 0.303 e. The number of benzene rings is 2.